The molecule has 1 saturated carbocycles. The number of hydrogen-bond donors (Lipinski definition) is 1. The molecule has 0 aromatic carbocycles. The van der Waals surface area contributed by atoms with E-state index in [0.29, 0.717) is 12.1 Å². The lowest BCUT2D eigenvalue weighted by Crippen LogP contribution is -2.31. The van der Waals surface area contributed by atoms with E-state index < -0.39 is 6.09 Å². The van der Waals surface area contributed by atoms with Crippen LogP contribution in [0.3, 0.4) is 0 Å². The van der Waals surface area contributed by atoms with Crippen LogP contribution in [-0.4, -0.2) is 24.5 Å². The first kappa shape index (κ1) is 13.7. The number of alkyl carbamates (subject to hydrolysis) is 1. The van der Waals surface area contributed by atoms with Gasteiger partial charge in [0.15, 0.2) is 5.78 Å². The molecule has 0 bridgehead atoms. The van der Waals surface area contributed by atoms with Crippen molar-refractivity contribution in [2.75, 3.05) is 6.54 Å². The lowest BCUT2D eigenvalue weighted by molar-refractivity contribution is -0.115. The molecule has 0 saturated heterocycles. The molecule has 0 aliphatic heterocycles. The molecule has 17 heavy (non-hydrogen) atoms. The second kappa shape index (κ2) is 7.09. The Hall–Kier alpha value is -1.32. The van der Waals surface area contributed by atoms with Gasteiger partial charge < -0.3 is 10.1 Å². The largest absolute Gasteiger partial charge is 0.446 e. The summed E-state index contributed by atoms with van der Waals surface area (Å²) in [6, 6.07) is 0. The summed E-state index contributed by atoms with van der Waals surface area (Å²) in [5.41, 5.74) is 0.515. The van der Waals surface area contributed by atoms with Gasteiger partial charge >= 0.3 is 6.09 Å². The van der Waals surface area contributed by atoms with Gasteiger partial charge in [0.2, 0.25) is 0 Å². The zero-order chi connectivity index (χ0) is 12.7. The normalized spacial score (nSPS) is 16.3. The Balaban J connectivity index is 2.12. The summed E-state index contributed by atoms with van der Waals surface area (Å²) in [6.45, 7) is 5.52. The fourth-order valence-corrected chi connectivity index (χ4v) is 1.69. The molecule has 1 radical (unpaired) electrons. The van der Waals surface area contributed by atoms with Crippen molar-refractivity contribution in [1.82, 2.24) is 5.32 Å². The van der Waals surface area contributed by atoms with Crippen LogP contribution in [0.2, 0.25) is 0 Å². The Labute approximate surface area is 102 Å². The second-order valence-electron chi connectivity index (χ2n) is 4.34. The van der Waals surface area contributed by atoms with Gasteiger partial charge in [0.1, 0.15) is 6.10 Å². The maximum atomic E-state index is 11.4. The summed E-state index contributed by atoms with van der Waals surface area (Å²) >= 11 is 0. The standard InChI is InChI=1S/C13H20NO3/c1-10(2)12(15)8-9-14-13(16)17-11-6-4-3-5-7-11/h6,11H,1,3-5,7-9H2,2H3,(H,14,16). The number of ketones is 1. The molecule has 0 spiro atoms. The van der Waals surface area contributed by atoms with Gasteiger partial charge in [-0.1, -0.05) is 13.0 Å². The molecule has 1 amide bonds. The van der Waals surface area contributed by atoms with Crippen molar-refractivity contribution in [2.45, 2.75) is 45.1 Å². The van der Waals surface area contributed by atoms with Gasteiger partial charge in [-0.3, -0.25) is 4.79 Å². The number of rotatable bonds is 5. The number of carbonyl (C=O) groups excluding carboxylic acids is 2. The zero-order valence-electron chi connectivity index (χ0n) is 10.3. The van der Waals surface area contributed by atoms with Crippen LogP contribution in [0.5, 0.6) is 0 Å². The number of hydrogen-bond acceptors (Lipinski definition) is 3. The van der Waals surface area contributed by atoms with Crippen LogP contribution in [0.15, 0.2) is 12.2 Å². The van der Waals surface area contributed by atoms with Gasteiger partial charge in [0, 0.05) is 19.4 Å². The van der Waals surface area contributed by atoms with Crippen molar-refractivity contribution in [2.24, 2.45) is 0 Å². The van der Waals surface area contributed by atoms with Crippen LogP contribution in [0.25, 0.3) is 0 Å². The van der Waals surface area contributed by atoms with Crippen LogP contribution in [0.4, 0.5) is 4.79 Å². The third-order valence-electron chi connectivity index (χ3n) is 2.73. The molecule has 1 aliphatic carbocycles. The number of carbonyl (C=O) groups is 2. The van der Waals surface area contributed by atoms with E-state index in [1.54, 1.807) is 6.92 Å². The van der Waals surface area contributed by atoms with Crippen LogP contribution in [-0.2, 0) is 9.53 Å². The Bertz CT molecular complexity index is 293. The van der Waals surface area contributed by atoms with E-state index in [1.807, 2.05) is 6.42 Å². The molecule has 1 rings (SSSR count). The van der Waals surface area contributed by atoms with E-state index in [9.17, 15) is 9.59 Å². The molecular weight excluding hydrogens is 218 g/mol. The molecule has 0 aromatic heterocycles. The monoisotopic (exact) mass is 238 g/mol. The summed E-state index contributed by atoms with van der Waals surface area (Å²) in [7, 11) is 0. The molecule has 0 aromatic rings. The number of allylic oxidation sites excluding steroid dienone is 1. The first-order valence-electron chi connectivity index (χ1n) is 6.06. The van der Waals surface area contributed by atoms with E-state index in [4.69, 9.17) is 4.74 Å². The summed E-state index contributed by atoms with van der Waals surface area (Å²) in [4.78, 5) is 22.6. The van der Waals surface area contributed by atoms with Crippen molar-refractivity contribution in [1.29, 1.82) is 0 Å². The quantitative estimate of drug-likeness (QED) is 0.748. The Morgan fingerprint density at radius 2 is 2.24 bits per heavy atom. The van der Waals surface area contributed by atoms with Crippen molar-refractivity contribution < 1.29 is 14.3 Å². The topological polar surface area (TPSA) is 55.4 Å². The molecule has 1 unspecified atom stereocenters. The van der Waals surface area contributed by atoms with Crippen molar-refractivity contribution in [3.63, 3.8) is 0 Å². The second-order valence-corrected chi connectivity index (χ2v) is 4.34. The van der Waals surface area contributed by atoms with Crippen molar-refractivity contribution in [3.05, 3.63) is 18.6 Å². The van der Waals surface area contributed by atoms with E-state index >= 15 is 0 Å². The number of amides is 1. The molecule has 4 heteroatoms. The molecule has 1 aliphatic rings. The van der Waals surface area contributed by atoms with Gasteiger partial charge in [-0.2, -0.15) is 0 Å². The minimum Gasteiger partial charge on any atom is -0.446 e. The van der Waals surface area contributed by atoms with E-state index in [-0.39, 0.29) is 18.3 Å². The smallest absolute Gasteiger partial charge is 0.407 e. The predicted octanol–water partition coefficient (Wildman–Crippen LogP) is 2.39. The minimum atomic E-state index is -0.442. The predicted molar refractivity (Wildman–Crippen MR) is 65.5 cm³/mol. The molecule has 4 nitrogen and oxygen atoms in total. The Kier molecular flexibility index (Phi) is 5.73. The maximum absolute atomic E-state index is 11.4. The fraction of sp³-hybridized carbons (Fsp3) is 0.615. The minimum absolute atomic E-state index is 0.0328. The molecular formula is C13H20NO3. The Morgan fingerprint density at radius 1 is 1.47 bits per heavy atom. The highest BCUT2D eigenvalue weighted by molar-refractivity contribution is 5.94. The number of nitrogens with one attached hydrogen (secondary N) is 1. The van der Waals surface area contributed by atoms with E-state index in [0.717, 1.165) is 19.3 Å². The molecule has 1 fully saturated rings. The number of Topliss-reactive ketones (excluding diaryl/α,β-unsaturated/α-hetero) is 1. The first-order chi connectivity index (χ1) is 8.09. The van der Waals surface area contributed by atoms with Crippen LogP contribution < -0.4 is 5.32 Å². The maximum Gasteiger partial charge on any atom is 0.407 e. The van der Waals surface area contributed by atoms with Gasteiger partial charge in [0.25, 0.3) is 0 Å². The molecule has 95 valence electrons. The zero-order valence-corrected chi connectivity index (χ0v) is 10.3. The lowest BCUT2D eigenvalue weighted by Gasteiger charge is -2.21. The third-order valence-corrected chi connectivity index (χ3v) is 2.73. The molecule has 1 N–H and O–H groups in total. The first-order valence-corrected chi connectivity index (χ1v) is 6.06. The van der Waals surface area contributed by atoms with Crippen molar-refractivity contribution >= 4 is 11.9 Å². The average Bonchev–Trinajstić information content (AvgIpc) is 2.30. The van der Waals surface area contributed by atoms with Crippen molar-refractivity contribution in [3.8, 4) is 0 Å². The highest BCUT2D eigenvalue weighted by Crippen LogP contribution is 2.19. The van der Waals surface area contributed by atoms with Gasteiger partial charge in [-0.05, 0) is 31.8 Å². The summed E-state index contributed by atoms with van der Waals surface area (Å²) in [5.74, 6) is -0.0328. The van der Waals surface area contributed by atoms with Crippen LogP contribution >= 0.6 is 0 Å². The highest BCUT2D eigenvalue weighted by atomic mass is 16.6. The van der Waals surface area contributed by atoms with E-state index in [1.165, 1.54) is 6.42 Å². The number of ether oxygens (including phenoxy) is 1. The van der Waals surface area contributed by atoms with Gasteiger partial charge in [-0.25, -0.2) is 4.79 Å². The third kappa shape index (κ3) is 5.52. The van der Waals surface area contributed by atoms with Gasteiger partial charge in [0.05, 0.1) is 0 Å². The Morgan fingerprint density at radius 3 is 2.82 bits per heavy atom. The van der Waals surface area contributed by atoms with E-state index in [2.05, 4.69) is 11.9 Å². The fourth-order valence-electron chi connectivity index (χ4n) is 1.69. The van der Waals surface area contributed by atoms with Gasteiger partial charge in [-0.15, -0.1) is 0 Å². The van der Waals surface area contributed by atoms with Crippen LogP contribution in [0.1, 0.15) is 39.0 Å². The molecule has 0 heterocycles. The summed E-state index contributed by atoms with van der Waals surface area (Å²) in [5, 5.41) is 2.57. The SMILES string of the molecule is C=C(C)C(=O)CCNC(=O)OC1[CH]CCCC1. The summed E-state index contributed by atoms with van der Waals surface area (Å²) < 4.78 is 5.19. The van der Waals surface area contributed by atoms with Crippen LogP contribution in [0, 0.1) is 6.42 Å². The summed E-state index contributed by atoms with van der Waals surface area (Å²) in [6.07, 6.45) is 5.98. The average molecular weight is 238 g/mol. The highest BCUT2D eigenvalue weighted by Gasteiger charge is 2.17. The lowest BCUT2D eigenvalue weighted by atomic mass is 9.98. The molecule has 1 atom stereocenters.